The highest BCUT2D eigenvalue weighted by atomic mass is 16.3. The molecule has 57 heavy (non-hydrogen) atoms. The van der Waals surface area contributed by atoms with Crippen LogP contribution < -0.4 is 0 Å². The van der Waals surface area contributed by atoms with Crippen LogP contribution in [0, 0.1) is 0 Å². The van der Waals surface area contributed by atoms with Gasteiger partial charge in [0.2, 0.25) is 0 Å². The van der Waals surface area contributed by atoms with Gasteiger partial charge in [0.05, 0.1) is 22.4 Å². The Labute approximate surface area is 329 Å². The van der Waals surface area contributed by atoms with Gasteiger partial charge in [-0.15, -0.1) is 0 Å². The van der Waals surface area contributed by atoms with Crippen LogP contribution >= 0.6 is 0 Å². The molecule has 0 saturated heterocycles. The van der Waals surface area contributed by atoms with E-state index in [1.807, 2.05) is 12.1 Å². The first-order valence-electron chi connectivity index (χ1n) is 19.7. The third-order valence-electron chi connectivity index (χ3n) is 12.1. The number of furan rings is 1. The van der Waals surface area contributed by atoms with E-state index < -0.39 is 0 Å². The van der Waals surface area contributed by atoms with Crippen molar-refractivity contribution in [3.63, 3.8) is 0 Å². The number of benzene rings is 9. The van der Waals surface area contributed by atoms with Gasteiger partial charge in [-0.25, -0.2) is 9.97 Å². The second-order valence-electron chi connectivity index (χ2n) is 16.4. The van der Waals surface area contributed by atoms with Crippen LogP contribution in [0.3, 0.4) is 0 Å². The third kappa shape index (κ3) is 4.60. The lowest BCUT2D eigenvalue weighted by atomic mass is 9.83. The zero-order chi connectivity index (χ0) is 38.0. The Kier molecular flexibility index (Phi) is 6.61. The second-order valence-corrected chi connectivity index (χ2v) is 16.4. The summed E-state index contributed by atoms with van der Waals surface area (Å²) in [5.74, 6) is 0. The van der Waals surface area contributed by atoms with Gasteiger partial charge < -0.3 is 4.42 Å². The standard InChI is InChI=1S/C54H36N2O/c1-54(2,3)44-23-13-21-40-39-20-11-18-33(52(39)57-53(40)44)32-26-27-38-43(30-32)48(35-17-8-7-16-34(35)47(38)31-14-5-4-6-15-31)37-28-29-42-49-36(37)19-12-22-41(49)50-51(42)56-46-25-10-9-24-45(46)55-50/h4-30H,1-3H3. The number of aromatic nitrogens is 2. The second kappa shape index (κ2) is 11.7. The molecule has 0 saturated carbocycles. The minimum Gasteiger partial charge on any atom is -0.455 e. The molecule has 3 nitrogen and oxygen atoms in total. The predicted molar refractivity (Wildman–Crippen MR) is 239 cm³/mol. The van der Waals surface area contributed by atoms with Crippen LogP contribution in [0.2, 0.25) is 0 Å². The topological polar surface area (TPSA) is 38.9 Å². The molecule has 0 N–H and O–H groups in total. The number of hydrogen-bond donors (Lipinski definition) is 0. The molecule has 11 aromatic rings. The monoisotopic (exact) mass is 728 g/mol. The maximum Gasteiger partial charge on any atom is 0.143 e. The molecule has 0 atom stereocenters. The molecule has 2 heterocycles. The van der Waals surface area contributed by atoms with Gasteiger partial charge in [-0.2, -0.15) is 0 Å². The van der Waals surface area contributed by atoms with Crippen LogP contribution in [0.4, 0.5) is 0 Å². The summed E-state index contributed by atoms with van der Waals surface area (Å²) in [5.41, 5.74) is 16.1. The smallest absolute Gasteiger partial charge is 0.143 e. The van der Waals surface area contributed by atoms with Gasteiger partial charge in [-0.3, -0.25) is 0 Å². The molecular formula is C54H36N2O. The first-order valence-corrected chi connectivity index (χ1v) is 19.7. The Balaban J connectivity index is 1.18. The Bertz CT molecular complexity index is 3450. The van der Waals surface area contributed by atoms with Crippen LogP contribution in [0.5, 0.6) is 0 Å². The summed E-state index contributed by atoms with van der Waals surface area (Å²) in [5, 5.41) is 9.57. The summed E-state index contributed by atoms with van der Waals surface area (Å²) in [6, 6.07) is 59.3. The van der Waals surface area contributed by atoms with Crippen molar-refractivity contribution >= 4 is 65.3 Å². The number of hydrogen-bond acceptors (Lipinski definition) is 3. The van der Waals surface area contributed by atoms with Crippen molar-refractivity contribution in [2.24, 2.45) is 0 Å². The predicted octanol–water partition coefficient (Wildman–Crippen LogP) is 14.9. The fraction of sp³-hybridized carbons (Fsp3) is 0.0741. The van der Waals surface area contributed by atoms with E-state index in [0.717, 1.165) is 66.6 Å². The average molecular weight is 729 g/mol. The van der Waals surface area contributed by atoms with Crippen molar-refractivity contribution in [1.82, 2.24) is 9.97 Å². The van der Waals surface area contributed by atoms with Gasteiger partial charge in [0.1, 0.15) is 11.2 Å². The van der Waals surface area contributed by atoms with Crippen LogP contribution in [-0.4, -0.2) is 9.97 Å². The summed E-state index contributed by atoms with van der Waals surface area (Å²) in [6.07, 6.45) is 0. The van der Waals surface area contributed by atoms with Crippen molar-refractivity contribution in [3.8, 4) is 55.9 Å². The summed E-state index contributed by atoms with van der Waals surface area (Å²) >= 11 is 0. The van der Waals surface area contributed by atoms with E-state index in [1.54, 1.807) is 0 Å². The molecule has 1 aliphatic rings. The molecule has 0 amide bonds. The van der Waals surface area contributed by atoms with Crippen molar-refractivity contribution < 1.29 is 4.42 Å². The van der Waals surface area contributed by atoms with Crippen molar-refractivity contribution in [3.05, 3.63) is 169 Å². The van der Waals surface area contributed by atoms with Crippen LogP contribution in [0.15, 0.2) is 168 Å². The van der Waals surface area contributed by atoms with E-state index in [4.69, 9.17) is 14.4 Å². The molecule has 0 aliphatic heterocycles. The van der Waals surface area contributed by atoms with E-state index in [0.29, 0.717) is 0 Å². The fourth-order valence-corrected chi connectivity index (χ4v) is 9.59. The van der Waals surface area contributed by atoms with Gasteiger partial charge in [0.25, 0.3) is 0 Å². The Morgan fingerprint density at radius 1 is 0.386 bits per heavy atom. The van der Waals surface area contributed by atoms with Crippen LogP contribution in [0.25, 0.3) is 121 Å². The van der Waals surface area contributed by atoms with E-state index in [2.05, 4.69) is 172 Å². The quantitative estimate of drug-likeness (QED) is 0.170. The highest BCUT2D eigenvalue weighted by Crippen LogP contribution is 2.52. The zero-order valence-electron chi connectivity index (χ0n) is 31.9. The van der Waals surface area contributed by atoms with Crippen molar-refractivity contribution in [2.75, 3.05) is 0 Å². The summed E-state index contributed by atoms with van der Waals surface area (Å²) < 4.78 is 6.92. The molecule has 0 spiro atoms. The summed E-state index contributed by atoms with van der Waals surface area (Å²) in [6.45, 7) is 6.76. The minimum absolute atomic E-state index is 0.0547. The molecule has 9 aromatic carbocycles. The Morgan fingerprint density at radius 3 is 1.68 bits per heavy atom. The lowest BCUT2D eigenvalue weighted by Crippen LogP contribution is -2.10. The van der Waals surface area contributed by atoms with Crippen molar-refractivity contribution in [2.45, 2.75) is 26.2 Å². The normalized spacial score (nSPS) is 12.5. The minimum atomic E-state index is -0.0547. The first-order chi connectivity index (χ1) is 27.9. The van der Waals surface area contributed by atoms with E-state index in [1.165, 1.54) is 60.1 Å². The van der Waals surface area contributed by atoms with Gasteiger partial charge in [0.15, 0.2) is 0 Å². The highest BCUT2D eigenvalue weighted by Gasteiger charge is 2.28. The number of nitrogens with zero attached hydrogens (tertiary/aromatic N) is 2. The number of rotatable bonds is 3. The molecule has 0 radical (unpaired) electrons. The summed E-state index contributed by atoms with van der Waals surface area (Å²) in [7, 11) is 0. The number of para-hydroxylation sites is 4. The molecule has 12 rings (SSSR count). The lowest BCUT2D eigenvalue weighted by molar-refractivity contribution is 0.573. The van der Waals surface area contributed by atoms with Gasteiger partial charge >= 0.3 is 0 Å². The fourth-order valence-electron chi connectivity index (χ4n) is 9.59. The zero-order valence-corrected chi connectivity index (χ0v) is 31.9. The highest BCUT2D eigenvalue weighted by molar-refractivity contribution is 6.27. The maximum atomic E-state index is 6.92. The molecule has 3 heteroatoms. The van der Waals surface area contributed by atoms with Gasteiger partial charge in [0, 0.05) is 38.4 Å². The molecule has 1 aliphatic carbocycles. The Hall–Kier alpha value is -7.10. The average Bonchev–Trinajstić information content (AvgIpc) is 3.78. The molecule has 0 fully saturated rings. The molecule has 268 valence electrons. The lowest BCUT2D eigenvalue weighted by Gasteiger charge is -2.20. The molecule has 2 aromatic heterocycles. The molecular weight excluding hydrogens is 693 g/mol. The van der Waals surface area contributed by atoms with E-state index in [9.17, 15) is 0 Å². The van der Waals surface area contributed by atoms with E-state index >= 15 is 0 Å². The van der Waals surface area contributed by atoms with Crippen molar-refractivity contribution in [1.29, 1.82) is 0 Å². The third-order valence-corrected chi connectivity index (χ3v) is 12.1. The Morgan fingerprint density at radius 2 is 0.947 bits per heavy atom. The van der Waals surface area contributed by atoms with Crippen LogP contribution in [0.1, 0.15) is 26.3 Å². The maximum absolute atomic E-state index is 6.92. The van der Waals surface area contributed by atoms with Gasteiger partial charge in [-0.05, 0) is 78.4 Å². The summed E-state index contributed by atoms with van der Waals surface area (Å²) in [4.78, 5) is 10.4. The first kappa shape index (κ1) is 32.2. The van der Waals surface area contributed by atoms with E-state index in [-0.39, 0.29) is 5.41 Å². The largest absolute Gasteiger partial charge is 0.455 e. The molecule has 0 bridgehead atoms. The number of fused-ring (bicyclic) bond motifs is 9. The SMILES string of the molecule is CC(C)(C)c1cccc2c1oc1c(-c3ccc4c(-c5ccccc5)c5ccccc5c(-c5ccc6c7c(cccc57)-c5nc7ccccc7nc5-6)c4c3)cccc12. The van der Waals surface area contributed by atoms with Crippen LogP contribution in [-0.2, 0) is 5.41 Å². The van der Waals surface area contributed by atoms with Gasteiger partial charge in [-0.1, -0.05) is 166 Å². The molecule has 0 unspecified atom stereocenters.